The molecule has 2 aromatic rings. The molecule has 0 atom stereocenters. The van der Waals surface area contributed by atoms with Crippen LogP contribution in [0.1, 0.15) is 18.9 Å². The van der Waals surface area contributed by atoms with Crippen molar-refractivity contribution in [3.63, 3.8) is 0 Å². The maximum Gasteiger partial charge on any atom is 0.226 e. The summed E-state index contributed by atoms with van der Waals surface area (Å²) in [7, 11) is 1.57. The van der Waals surface area contributed by atoms with Crippen LogP contribution in [0.15, 0.2) is 42.5 Å². The van der Waals surface area contributed by atoms with E-state index in [1.165, 1.54) is 11.8 Å². The Bertz CT molecular complexity index is 777. The van der Waals surface area contributed by atoms with E-state index in [9.17, 15) is 9.59 Å². The highest BCUT2D eigenvalue weighted by Crippen LogP contribution is 2.23. The highest BCUT2D eigenvalue weighted by atomic mass is 35.5. The van der Waals surface area contributed by atoms with Crippen molar-refractivity contribution in [3.8, 4) is 5.75 Å². The summed E-state index contributed by atoms with van der Waals surface area (Å²) in [5.74, 6) is 0.337. The normalized spacial score (nSPS) is 10.2. The quantitative estimate of drug-likeness (QED) is 0.845. The predicted molar refractivity (Wildman–Crippen MR) is 100 cm³/mol. The van der Waals surface area contributed by atoms with Gasteiger partial charge < -0.3 is 15.0 Å². The van der Waals surface area contributed by atoms with Gasteiger partial charge in [-0.3, -0.25) is 9.59 Å². The summed E-state index contributed by atoms with van der Waals surface area (Å²) in [6, 6.07) is 12.5. The van der Waals surface area contributed by atoms with Gasteiger partial charge in [-0.2, -0.15) is 0 Å². The minimum absolute atomic E-state index is 0.144. The number of nitrogens with zero attached hydrogens (tertiary/aromatic N) is 1. The van der Waals surface area contributed by atoms with E-state index < -0.39 is 0 Å². The summed E-state index contributed by atoms with van der Waals surface area (Å²) in [6.07, 6.45) is 0.169. The van der Waals surface area contributed by atoms with Crippen molar-refractivity contribution >= 4 is 34.8 Å². The average molecular weight is 361 g/mol. The Kier molecular flexibility index (Phi) is 6.42. The molecule has 0 saturated heterocycles. The Morgan fingerprint density at radius 2 is 1.96 bits per heavy atom. The highest BCUT2D eigenvalue weighted by Gasteiger charge is 2.14. The number of benzene rings is 2. The molecule has 0 aliphatic carbocycles. The topological polar surface area (TPSA) is 58.6 Å². The summed E-state index contributed by atoms with van der Waals surface area (Å²) >= 11 is 6.13. The number of methoxy groups -OCH3 is 1. The molecule has 0 bridgehead atoms. The minimum Gasteiger partial charge on any atom is -0.497 e. The zero-order valence-corrected chi connectivity index (χ0v) is 15.3. The van der Waals surface area contributed by atoms with Gasteiger partial charge in [0.2, 0.25) is 11.8 Å². The van der Waals surface area contributed by atoms with Gasteiger partial charge in [-0.05, 0) is 36.8 Å². The Labute approximate surface area is 152 Å². The van der Waals surface area contributed by atoms with Gasteiger partial charge in [0.05, 0.1) is 7.11 Å². The molecule has 0 radical (unpaired) electrons. The third kappa shape index (κ3) is 5.22. The number of nitrogens with one attached hydrogen (secondary N) is 1. The molecule has 0 aliphatic rings. The second kappa shape index (κ2) is 8.53. The third-order valence-electron chi connectivity index (χ3n) is 3.76. The van der Waals surface area contributed by atoms with Crippen LogP contribution in [0.25, 0.3) is 0 Å². The molecule has 2 amide bonds. The molecule has 25 heavy (non-hydrogen) atoms. The summed E-state index contributed by atoms with van der Waals surface area (Å²) in [6.45, 7) is 3.63. The monoisotopic (exact) mass is 360 g/mol. The van der Waals surface area contributed by atoms with Crippen LogP contribution in [0.4, 0.5) is 11.4 Å². The summed E-state index contributed by atoms with van der Waals surface area (Å²) in [5, 5.41) is 3.39. The lowest BCUT2D eigenvalue weighted by molar-refractivity contribution is -0.117. The fourth-order valence-electron chi connectivity index (χ4n) is 2.36. The van der Waals surface area contributed by atoms with Crippen LogP contribution >= 0.6 is 11.6 Å². The molecule has 6 heteroatoms. The molecule has 0 aromatic heterocycles. The number of carbonyl (C=O) groups excluding carboxylic acids is 2. The minimum atomic E-state index is -0.183. The zero-order chi connectivity index (χ0) is 18.4. The maximum atomic E-state index is 12.2. The second-order valence-corrected chi connectivity index (χ2v) is 6.04. The maximum absolute atomic E-state index is 12.2. The Hall–Kier alpha value is -2.53. The molecule has 0 spiro atoms. The molecular formula is C19H21ClN2O3. The average Bonchev–Trinajstić information content (AvgIpc) is 2.58. The molecule has 5 nitrogen and oxygen atoms in total. The number of carbonyl (C=O) groups is 2. The van der Waals surface area contributed by atoms with E-state index in [2.05, 4.69) is 5.32 Å². The van der Waals surface area contributed by atoms with E-state index >= 15 is 0 Å². The summed E-state index contributed by atoms with van der Waals surface area (Å²) < 4.78 is 5.13. The van der Waals surface area contributed by atoms with Crippen LogP contribution in [0.3, 0.4) is 0 Å². The van der Waals surface area contributed by atoms with Crippen LogP contribution in [0.2, 0.25) is 5.02 Å². The number of anilines is 2. The predicted octanol–water partition coefficient (Wildman–Crippen LogP) is 4.04. The van der Waals surface area contributed by atoms with Crippen molar-refractivity contribution < 1.29 is 14.3 Å². The van der Waals surface area contributed by atoms with Crippen molar-refractivity contribution in [2.75, 3.05) is 23.9 Å². The van der Waals surface area contributed by atoms with E-state index in [4.69, 9.17) is 16.3 Å². The largest absolute Gasteiger partial charge is 0.497 e. The lowest BCUT2D eigenvalue weighted by Crippen LogP contribution is -2.32. The fraction of sp³-hybridized carbons (Fsp3) is 0.263. The number of amides is 2. The van der Waals surface area contributed by atoms with Crippen LogP contribution in [-0.2, 0) is 9.59 Å². The number of aryl methyl sites for hydroxylation is 1. The Morgan fingerprint density at radius 1 is 1.20 bits per heavy atom. The van der Waals surface area contributed by atoms with E-state index in [1.54, 1.807) is 37.4 Å². The van der Waals surface area contributed by atoms with Crippen molar-refractivity contribution in [1.29, 1.82) is 0 Å². The third-order valence-corrected chi connectivity index (χ3v) is 4.17. The number of halogens is 1. The van der Waals surface area contributed by atoms with Gasteiger partial charge in [-0.1, -0.05) is 23.7 Å². The van der Waals surface area contributed by atoms with Crippen LogP contribution in [0.5, 0.6) is 5.75 Å². The van der Waals surface area contributed by atoms with Gasteiger partial charge in [0.1, 0.15) is 5.75 Å². The lowest BCUT2D eigenvalue weighted by atomic mass is 10.2. The zero-order valence-electron chi connectivity index (χ0n) is 14.5. The van der Waals surface area contributed by atoms with Crippen LogP contribution in [-0.4, -0.2) is 25.5 Å². The highest BCUT2D eigenvalue weighted by molar-refractivity contribution is 6.31. The van der Waals surface area contributed by atoms with Crippen LogP contribution in [0, 0.1) is 6.92 Å². The molecule has 0 unspecified atom stereocenters. The molecule has 0 fully saturated rings. The molecule has 132 valence electrons. The van der Waals surface area contributed by atoms with Crippen molar-refractivity contribution in [2.45, 2.75) is 20.3 Å². The van der Waals surface area contributed by atoms with E-state index in [0.717, 1.165) is 5.56 Å². The second-order valence-electron chi connectivity index (χ2n) is 5.63. The first-order valence-corrected chi connectivity index (χ1v) is 8.26. The number of hydrogen-bond donors (Lipinski definition) is 1. The molecule has 2 aromatic carbocycles. The van der Waals surface area contributed by atoms with Gasteiger partial charge in [0, 0.05) is 42.4 Å². The first kappa shape index (κ1) is 18.8. The molecule has 2 rings (SSSR count). The van der Waals surface area contributed by atoms with E-state index in [-0.39, 0.29) is 24.8 Å². The van der Waals surface area contributed by atoms with Crippen molar-refractivity contribution in [3.05, 3.63) is 53.1 Å². The van der Waals surface area contributed by atoms with Gasteiger partial charge in [-0.25, -0.2) is 0 Å². The lowest BCUT2D eigenvalue weighted by Gasteiger charge is -2.21. The first-order chi connectivity index (χ1) is 11.9. The summed E-state index contributed by atoms with van der Waals surface area (Å²) in [5.41, 5.74) is 2.26. The smallest absolute Gasteiger partial charge is 0.226 e. The first-order valence-electron chi connectivity index (χ1n) is 7.89. The summed E-state index contributed by atoms with van der Waals surface area (Å²) in [4.78, 5) is 25.6. The molecule has 0 heterocycles. The van der Waals surface area contributed by atoms with Crippen molar-refractivity contribution in [1.82, 2.24) is 0 Å². The fourth-order valence-corrected chi connectivity index (χ4v) is 2.53. The van der Waals surface area contributed by atoms with E-state index in [0.29, 0.717) is 22.1 Å². The van der Waals surface area contributed by atoms with Gasteiger partial charge >= 0.3 is 0 Å². The van der Waals surface area contributed by atoms with Crippen LogP contribution < -0.4 is 15.0 Å². The van der Waals surface area contributed by atoms with Gasteiger partial charge in [0.25, 0.3) is 0 Å². The Balaban J connectivity index is 2.01. The van der Waals surface area contributed by atoms with Gasteiger partial charge in [0.15, 0.2) is 0 Å². The molecule has 1 N–H and O–H groups in total. The standard InChI is InChI=1S/C19H21ClN2O3/c1-13-7-8-16(12-18(13)20)22(14(2)23)10-9-19(24)21-15-5-4-6-17(11-15)25-3/h4-8,11-12H,9-10H2,1-3H3,(H,21,24). The van der Waals surface area contributed by atoms with E-state index in [1.807, 2.05) is 19.1 Å². The number of rotatable bonds is 6. The Morgan fingerprint density at radius 3 is 2.60 bits per heavy atom. The molecule has 0 saturated carbocycles. The SMILES string of the molecule is COc1cccc(NC(=O)CCN(C(C)=O)c2ccc(C)c(Cl)c2)c1. The van der Waals surface area contributed by atoms with Gasteiger partial charge in [-0.15, -0.1) is 0 Å². The number of hydrogen-bond acceptors (Lipinski definition) is 3. The van der Waals surface area contributed by atoms with Crippen molar-refractivity contribution in [2.24, 2.45) is 0 Å². The molecule has 0 aliphatic heterocycles. The number of ether oxygens (including phenoxy) is 1. The molecular weight excluding hydrogens is 340 g/mol.